The van der Waals surface area contributed by atoms with Gasteiger partial charge in [0.25, 0.3) is 0 Å². The predicted molar refractivity (Wildman–Crippen MR) is 70.8 cm³/mol. The van der Waals surface area contributed by atoms with E-state index >= 15 is 0 Å². The second-order valence-corrected chi connectivity index (χ2v) is 5.40. The molecule has 0 spiro atoms. The molecule has 0 saturated carbocycles. The Morgan fingerprint density at radius 3 is 2.06 bits per heavy atom. The van der Waals surface area contributed by atoms with Crippen LogP contribution >= 0.6 is 0 Å². The van der Waals surface area contributed by atoms with Crippen LogP contribution in [0.15, 0.2) is 0 Å². The van der Waals surface area contributed by atoms with E-state index < -0.39 is 0 Å². The van der Waals surface area contributed by atoms with Gasteiger partial charge in [0.05, 0.1) is 0 Å². The molecule has 0 aromatic rings. The van der Waals surface area contributed by atoms with Crippen LogP contribution in [0.4, 0.5) is 0 Å². The lowest BCUT2D eigenvalue weighted by atomic mass is 9.88. The van der Waals surface area contributed by atoms with E-state index in [1.165, 1.54) is 6.42 Å². The van der Waals surface area contributed by atoms with Crippen LogP contribution in [0.2, 0.25) is 0 Å². The van der Waals surface area contributed by atoms with Crippen LogP contribution < -0.4 is 0 Å². The lowest BCUT2D eigenvalue weighted by Gasteiger charge is -2.34. The summed E-state index contributed by atoms with van der Waals surface area (Å²) in [6, 6.07) is 0. The van der Waals surface area contributed by atoms with Crippen molar-refractivity contribution < 1.29 is 5.11 Å². The highest BCUT2D eigenvalue weighted by molar-refractivity contribution is 4.76. The average Bonchev–Trinajstić information content (AvgIpc) is 2.26. The molecular formula is C13H30N2O. The highest BCUT2D eigenvalue weighted by Gasteiger charge is 2.23. The van der Waals surface area contributed by atoms with Gasteiger partial charge in [0, 0.05) is 31.7 Å². The fourth-order valence-corrected chi connectivity index (χ4v) is 1.74. The second kappa shape index (κ2) is 8.04. The zero-order chi connectivity index (χ0) is 12.6. The van der Waals surface area contributed by atoms with Gasteiger partial charge in [-0.15, -0.1) is 0 Å². The van der Waals surface area contributed by atoms with Crippen LogP contribution in [-0.4, -0.2) is 61.8 Å². The van der Waals surface area contributed by atoms with Gasteiger partial charge in [0.15, 0.2) is 0 Å². The fraction of sp³-hybridized carbons (Fsp3) is 1.00. The Hall–Kier alpha value is -0.120. The van der Waals surface area contributed by atoms with Gasteiger partial charge in [-0.05, 0) is 33.5 Å². The van der Waals surface area contributed by atoms with Gasteiger partial charge < -0.3 is 14.9 Å². The molecule has 0 heterocycles. The average molecular weight is 230 g/mol. The summed E-state index contributed by atoms with van der Waals surface area (Å²) in [6.45, 7) is 11.1. The smallest absolute Gasteiger partial charge is 0.0496 e. The van der Waals surface area contributed by atoms with Crippen molar-refractivity contribution in [2.75, 3.05) is 46.9 Å². The molecule has 3 heteroatoms. The quantitative estimate of drug-likeness (QED) is 0.653. The van der Waals surface area contributed by atoms with Crippen LogP contribution in [0.1, 0.15) is 33.6 Å². The topological polar surface area (TPSA) is 26.7 Å². The van der Waals surface area contributed by atoms with Gasteiger partial charge in [-0.25, -0.2) is 0 Å². The molecule has 0 saturated heterocycles. The van der Waals surface area contributed by atoms with E-state index in [0.717, 1.165) is 32.6 Å². The number of rotatable bonds is 9. The SMILES string of the molecule is CCCN(CCN(C)C)CC(C)(CC)CO. The van der Waals surface area contributed by atoms with Crippen molar-refractivity contribution in [2.24, 2.45) is 5.41 Å². The van der Waals surface area contributed by atoms with E-state index in [1.54, 1.807) is 0 Å². The molecule has 0 rings (SSSR count). The number of hydrogen-bond donors (Lipinski definition) is 1. The van der Waals surface area contributed by atoms with Gasteiger partial charge >= 0.3 is 0 Å². The van der Waals surface area contributed by atoms with Crippen LogP contribution in [0.5, 0.6) is 0 Å². The molecule has 0 bridgehead atoms. The molecule has 0 fully saturated rings. The van der Waals surface area contributed by atoms with Crippen LogP contribution in [0, 0.1) is 5.41 Å². The third kappa shape index (κ3) is 6.46. The van der Waals surface area contributed by atoms with Crippen molar-refractivity contribution in [3.63, 3.8) is 0 Å². The largest absolute Gasteiger partial charge is 0.396 e. The molecule has 0 aliphatic carbocycles. The first-order valence-corrected chi connectivity index (χ1v) is 6.45. The molecule has 0 radical (unpaired) electrons. The summed E-state index contributed by atoms with van der Waals surface area (Å²) >= 11 is 0. The Morgan fingerprint density at radius 1 is 1.06 bits per heavy atom. The first-order chi connectivity index (χ1) is 7.47. The predicted octanol–water partition coefficient (Wildman–Crippen LogP) is 1.67. The monoisotopic (exact) mass is 230 g/mol. The van der Waals surface area contributed by atoms with E-state index in [9.17, 15) is 5.11 Å². The number of aliphatic hydroxyl groups is 1. The molecule has 98 valence electrons. The molecule has 0 aliphatic heterocycles. The zero-order valence-corrected chi connectivity index (χ0v) is 11.8. The number of nitrogens with zero attached hydrogens (tertiary/aromatic N) is 2. The Morgan fingerprint density at radius 2 is 1.69 bits per heavy atom. The van der Waals surface area contributed by atoms with Crippen molar-refractivity contribution >= 4 is 0 Å². The first kappa shape index (κ1) is 15.9. The number of likely N-dealkylation sites (N-methyl/N-ethyl adjacent to an activating group) is 1. The van der Waals surface area contributed by atoms with Crippen molar-refractivity contribution in [3.05, 3.63) is 0 Å². The molecule has 0 aromatic carbocycles. The summed E-state index contributed by atoms with van der Waals surface area (Å²) in [5.74, 6) is 0. The van der Waals surface area contributed by atoms with Gasteiger partial charge in [-0.1, -0.05) is 20.8 Å². The Kier molecular flexibility index (Phi) is 7.98. The minimum absolute atomic E-state index is 0.0570. The summed E-state index contributed by atoms with van der Waals surface area (Å²) in [5, 5.41) is 9.44. The van der Waals surface area contributed by atoms with Crippen LogP contribution in [0.25, 0.3) is 0 Å². The Balaban J connectivity index is 4.19. The molecule has 16 heavy (non-hydrogen) atoms. The summed E-state index contributed by atoms with van der Waals surface area (Å²) in [4.78, 5) is 4.69. The van der Waals surface area contributed by atoms with Gasteiger partial charge in [0.1, 0.15) is 0 Å². The van der Waals surface area contributed by atoms with Gasteiger partial charge in [-0.2, -0.15) is 0 Å². The van der Waals surface area contributed by atoms with Crippen LogP contribution in [0.3, 0.4) is 0 Å². The molecule has 0 amide bonds. The van der Waals surface area contributed by atoms with Gasteiger partial charge in [-0.3, -0.25) is 0 Å². The van der Waals surface area contributed by atoms with E-state index in [1.807, 2.05) is 0 Å². The van der Waals surface area contributed by atoms with E-state index in [-0.39, 0.29) is 12.0 Å². The standard InChI is InChI=1S/C13H30N2O/c1-6-8-15(10-9-14(4)5)11-13(3,7-2)12-16/h16H,6-12H2,1-5H3. The maximum atomic E-state index is 9.44. The fourth-order valence-electron chi connectivity index (χ4n) is 1.74. The molecule has 0 aliphatic rings. The van der Waals surface area contributed by atoms with Crippen molar-refractivity contribution in [1.29, 1.82) is 0 Å². The summed E-state index contributed by atoms with van der Waals surface area (Å²) in [7, 11) is 4.21. The normalized spacial score (nSPS) is 15.8. The minimum Gasteiger partial charge on any atom is -0.396 e. The number of aliphatic hydroxyl groups excluding tert-OH is 1. The van der Waals surface area contributed by atoms with E-state index in [0.29, 0.717) is 0 Å². The van der Waals surface area contributed by atoms with Gasteiger partial charge in [0.2, 0.25) is 0 Å². The molecule has 0 aromatic heterocycles. The number of hydrogen-bond acceptors (Lipinski definition) is 3. The molecule has 3 nitrogen and oxygen atoms in total. The highest BCUT2D eigenvalue weighted by Crippen LogP contribution is 2.21. The molecule has 1 unspecified atom stereocenters. The minimum atomic E-state index is 0.0570. The van der Waals surface area contributed by atoms with E-state index in [2.05, 4.69) is 44.7 Å². The molecule has 1 N–H and O–H groups in total. The third-order valence-corrected chi connectivity index (χ3v) is 3.24. The summed E-state index contributed by atoms with van der Waals surface area (Å²) in [6.07, 6.45) is 2.21. The second-order valence-electron chi connectivity index (χ2n) is 5.40. The summed E-state index contributed by atoms with van der Waals surface area (Å²) < 4.78 is 0. The molecular weight excluding hydrogens is 200 g/mol. The molecule has 1 atom stereocenters. The Bertz CT molecular complexity index is 167. The maximum absolute atomic E-state index is 9.44. The third-order valence-electron chi connectivity index (χ3n) is 3.24. The van der Waals surface area contributed by atoms with E-state index in [4.69, 9.17) is 0 Å². The van der Waals surface area contributed by atoms with Crippen LogP contribution in [-0.2, 0) is 0 Å². The van der Waals surface area contributed by atoms with Crippen molar-refractivity contribution in [2.45, 2.75) is 33.6 Å². The Labute approximate surface area is 101 Å². The van der Waals surface area contributed by atoms with Crippen molar-refractivity contribution in [3.8, 4) is 0 Å². The zero-order valence-electron chi connectivity index (χ0n) is 11.8. The summed E-state index contributed by atoms with van der Waals surface area (Å²) in [5.41, 5.74) is 0.0570. The lowest BCUT2D eigenvalue weighted by Crippen LogP contribution is -2.41. The highest BCUT2D eigenvalue weighted by atomic mass is 16.3. The maximum Gasteiger partial charge on any atom is 0.0496 e. The lowest BCUT2D eigenvalue weighted by molar-refractivity contribution is 0.0812. The van der Waals surface area contributed by atoms with Crippen molar-refractivity contribution in [1.82, 2.24) is 9.80 Å². The first-order valence-electron chi connectivity index (χ1n) is 6.45.